The molecule has 0 radical (unpaired) electrons. The molecule has 1 nitrogen and oxygen atoms in total. The Bertz CT molecular complexity index is 601. The van der Waals surface area contributed by atoms with Crippen molar-refractivity contribution in [3.8, 4) is 0 Å². The summed E-state index contributed by atoms with van der Waals surface area (Å²) in [6, 6.07) is 11.7. The number of hydrogen-bond acceptors (Lipinski definition) is 1. The van der Waals surface area contributed by atoms with E-state index >= 15 is 0 Å². The second-order valence-corrected chi connectivity index (χ2v) is 5.33. The maximum atomic E-state index is 13.0. The Labute approximate surface area is 125 Å². The van der Waals surface area contributed by atoms with E-state index in [4.69, 9.17) is 11.6 Å². The smallest absolute Gasteiger partial charge is 0.195 e. The van der Waals surface area contributed by atoms with Crippen LogP contribution in [0.1, 0.15) is 46.5 Å². The first-order chi connectivity index (χ1) is 9.60. The van der Waals surface area contributed by atoms with Crippen LogP contribution in [-0.2, 0) is 12.8 Å². The normalized spacial score (nSPS) is 10.6. The predicted molar refractivity (Wildman–Crippen MR) is 84.8 cm³/mol. The molecule has 20 heavy (non-hydrogen) atoms. The van der Waals surface area contributed by atoms with Gasteiger partial charge < -0.3 is 0 Å². The van der Waals surface area contributed by atoms with Crippen molar-refractivity contribution in [3.05, 3.63) is 69.2 Å². The molecule has 0 aromatic heterocycles. The van der Waals surface area contributed by atoms with Gasteiger partial charge in [0.05, 0.1) is 5.02 Å². The van der Waals surface area contributed by atoms with Crippen LogP contribution in [0.15, 0.2) is 36.4 Å². The van der Waals surface area contributed by atoms with Crippen molar-refractivity contribution in [2.45, 2.75) is 33.6 Å². The van der Waals surface area contributed by atoms with Gasteiger partial charge in [-0.2, -0.15) is 0 Å². The highest BCUT2D eigenvalue weighted by Crippen LogP contribution is 2.26. The lowest BCUT2D eigenvalue weighted by atomic mass is 9.90. The van der Waals surface area contributed by atoms with Gasteiger partial charge in [-0.25, -0.2) is 0 Å². The van der Waals surface area contributed by atoms with E-state index in [2.05, 4.69) is 13.8 Å². The first kappa shape index (κ1) is 14.8. The number of hydrogen-bond donors (Lipinski definition) is 0. The SMILES string of the molecule is CCc1cccc(CC)c1C(=O)c1c(C)cccc1Cl. The second kappa shape index (κ2) is 6.23. The number of halogens is 1. The van der Waals surface area contributed by atoms with E-state index < -0.39 is 0 Å². The minimum atomic E-state index is 0.0439. The first-order valence-electron chi connectivity index (χ1n) is 7.00. The molecule has 104 valence electrons. The third kappa shape index (κ3) is 2.64. The van der Waals surface area contributed by atoms with Crippen molar-refractivity contribution >= 4 is 17.4 Å². The summed E-state index contributed by atoms with van der Waals surface area (Å²) >= 11 is 6.24. The lowest BCUT2D eigenvalue weighted by Crippen LogP contribution is -2.11. The van der Waals surface area contributed by atoms with Gasteiger partial charge >= 0.3 is 0 Å². The number of carbonyl (C=O) groups is 1. The fourth-order valence-corrected chi connectivity index (χ4v) is 2.89. The summed E-state index contributed by atoms with van der Waals surface area (Å²) < 4.78 is 0. The predicted octanol–water partition coefficient (Wildman–Crippen LogP) is 5.00. The van der Waals surface area contributed by atoms with E-state index in [0.717, 1.165) is 35.1 Å². The number of aryl methyl sites for hydroxylation is 3. The molecule has 0 amide bonds. The first-order valence-corrected chi connectivity index (χ1v) is 7.38. The Balaban J connectivity index is 2.65. The van der Waals surface area contributed by atoms with Crippen molar-refractivity contribution in [3.63, 3.8) is 0 Å². The second-order valence-electron chi connectivity index (χ2n) is 4.92. The monoisotopic (exact) mass is 286 g/mol. The van der Waals surface area contributed by atoms with Gasteiger partial charge in [-0.3, -0.25) is 4.79 Å². The Morgan fingerprint density at radius 2 is 1.50 bits per heavy atom. The van der Waals surface area contributed by atoms with Gasteiger partial charge in [0.2, 0.25) is 0 Å². The molecule has 0 aliphatic heterocycles. The van der Waals surface area contributed by atoms with Crippen LogP contribution < -0.4 is 0 Å². The van der Waals surface area contributed by atoms with Crippen LogP contribution in [0.5, 0.6) is 0 Å². The van der Waals surface area contributed by atoms with Gasteiger partial charge in [0.15, 0.2) is 5.78 Å². The molecule has 0 saturated heterocycles. The molecule has 0 atom stereocenters. The highest BCUT2D eigenvalue weighted by Gasteiger charge is 2.20. The summed E-state index contributed by atoms with van der Waals surface area (Å²) in [7, 11) is 0. The lowest BCUT2D eigenvalue weighted by molar-refractivity contribution is 0.103. The molecule has 0 heterocycles. The zero-order valence-corrected chi connectivity index (χ0v) is 12.9. The molecular weight excluding hydrogens is 268 g/mol. The largest absolute Gasteiger partial charge is 0.289 e. The number of ketones is 1. The van der Waals surface area contributed by atoms with Gasteiger partial charge in [0.25, 0.3) is 0 Å². The molecule has 2 aromatic rings. The fraction of sp³-hybridized carbons (Fsp3) is 0.278. The van der Waals surface area contributed by atoms with Crippen molar-refractivity contribution in [2.24, 2.45) is 0 Å². The van der Waals surface area contributed by atoms with Crippen molar-refractivity contribution < 1.29 is 4.79 Å². The van der Waals surface area contributed by atoms with Crippen LogP contribution in [0.2, 0.25) is 5.02 Å². The van der Waals surface area contributed by atoms with Crippen LogP contribution in [0.3, 0.4) is 0 Å². The lowest BCUT2D eigenvalue weighted by Gasteiger charge is -2.14. The van der Waals surface area contributed by atoms with Crippen LogP contribution >= 0.6 is 11.6 Å². The summed E-state index contributed by atoms with van der Waals surface area (Å²) in [5.74, 6) is 0.0439. The molecule has 0 fully saturated rings. The summed E-state index contributed by atoms with van der Waals surface area (Å²) in [5, 5.41) is 0.531. The number of benzene rings is 2. The van der Waals surface area contributed by atoms with Crippen molar-refractivity contribution in [1.82, 2.24) is 0 Å². The number of carbonyl (C=O) groups excluding carboxylic acids is 1. The molecule has 0 aliphatic rings. The van der Waals surface area contributed by atoms with E-state index in [1.807, 2.05) is 37.3 Å². The van der Waals surface area contributed by atoms with E-state index in [1.165, 1.54) is 0 Å². The van der Waals surface area contributed by atoms with Crippen LogP contribution in [0, 0.1) is 6.92 Å². The van der Waals surface area contributed by atoms with E-state index in [9.17, 15) is 4.79 Å². The van der Waals surface area contributed by atoms with Crippen LogP contribution in [-0.4, -0.2) is 5.78 Å². The van der Waals surface area contributed by atoms with E-state index in [-0.39, 0.29) is 5.78 Å². The molecule has 0 spiro atoms. The summed E-state index contributed by atoms with van der Waals surface area (Å²) in [5.41, 5.74) is 4.57. The average Bonchev–Trinajstić information content (AvgIpc) is 2.45. The van der Waals surface area contributed by atoms with E-state index in [0.29, 0.717) is 10.6 Å². The Kier molecular flexibility index (Phi) is 4.61. The summed E-state index contributed by atoms with van der Waals surface area (Å²) in [6.45, 7) is 6.08. The molecule has 0 bridgehead atoms. The molecule has 0 aliphatic carbocycles. The van der Waals surface area contributed by atoms with Crippen LogP contribution in [0.25, 0.3) is 0 Å². The molecule has 2 heteroatoms. The standard InChI is InChI=1S/C18H19ClO/c1-4-13-9-7-10-14(5-2)17(13)18(20)16-12(3)8-6-11-15(16)19/h6-11H,4-5H2,1-3H3. The van der Waals surface area contributed by atoms with Crippen molar-refractivity contribution in [1.29, 1.82) is 0 Å². The van der Waals surface area contributed by atoms with Gasteiger partial charge in [0.1, 0.15) is 0 Å². The fourth-order valence-electron chi connectivity index (χ4n) is 2.58. The maximum absolute atomic E-state index is 13.0. The minimum absolute atomic E-state index is 0.0439. The summed E-state index contributed by atoms with van der Waals surface area (Å²) in [6.07, 6.45) is 1.69. The van der Waals surface area contributed by atoms with Crippen LogP contribution in [0.4, 0.5) is 0 Å². The zero-order chi connectivity index (χ0) is 14.7. The third-order valence-corrected chi connectivity index (χ3v) is 3.99. The van der Waals surface area contributed by atoms with Gasteiger partial charge in [-0.1, -0.05) is 55.8 Å². The summed E-state index contributed by atoms with van der Waals surface area (Å²) in [4.78, 5) is 13.0. The molecule has 0 unspecified atom stereocenters. The van der Waals surface area contributed by atoms with Gasteiger partial charge in [-0.15, -0.1) is 0 Å². The molecule has 0 N–H and O–H groups in total. The third-order valence-electron chi connectivity index (χ3n) is 3.67. The molecule has 0 saturated carbocycles. The van der Waals surface area contributed by atoms with Gasteiger partial charge in [0, 0.05) is 11.1 Å². The minimum Gasteiger partial charge on any atom is -0.289 e. The Morgan fingerprint density at radius 3 is 2.00 bits per heavy atom. The highest BCUT2D eigenvalue weighted by atomic mass is 35.5. The average molecular weight is 287 g/mol. The molecular formula is C18H19ClO. The number of rotatable bonds is 4. The molecule has 2 rings (SSSR count). The highest BCUT2D eigenvalue weighted by molar-refractivity contribution is 6.35. The molecule has 2 aromatic carbocycles. The van der Waals surface area contributed by atoms with E-state index in [1.54, 1.807) is 6.07 Å². The Morgan fingerprint density at radius 1 is 0.950 bits per heavy atom. The van der Waals surface area contributed by atoms with Gasteiger partial charge in [-0.05, 0) is 42.5 Å². The van der Waals surface area contributed by atoms with Crippen molar-refractivity contribution in [2.75, 3.05) is 0 Å². The quantitative estimate of drug-likeness (QED) is 0.723. The Hall–Kier alpha value is -1.60. The topological polar surface area (TPSA) is 17.1 Å². The zero-order valence-electron chi connectivity index (χ0n) is 12.2. The maximum Gasteiger partial charge on any atom is 0.195 e.